The smallest absolute Gasteiger partial charge is 0.251 e. The van der Waals surface area contributed by atoms with Crippen LogP contribution in [0.5, 0.6) is 0 Å². The van der Waals surface area contributed by atoms with Gasteiger partial charge in [0.25, 0.3) is 6.43 Å². The third-order valence-electron chi connectivity index (χ3n) is 4.12. The summed E-state index contributed by atoms with van der Waals surface area (Å²) < 4.78 is 24.5. The Labute approximate surface area is 96.6 Å². The highest BCUT2D eigenvalue weighted by atomic mass is 19.3. The summed E-state index contributed by atoms with van der Waals surface area (Å²) in [5.41, 5.74) is 0.461. The van der Waals surface area contributed by atoms with E-state index in [0.717, 1.165) is 25.9 Å². The number of halogens is 2. The number of nitrogens with zero attached hydrogens (tertiary/aromatic N) is 2. The average Bonchev–Trinajstić information content (AvgIpc) is 2.14. The van der Waals surface area contributed by atoms with Crippen molar-refractivity contribution in [2.75, 3.05) is 32.7 Å². The highest BCUT2D eigenvalue weighted by Gasteiger charge is 2.45. The maximum atomic E-state index is 12.2. The summed E-state index contributed by atoms with van der Waals surface area (Å²) in [7, 11) is 0. The molecule has 0 amide bonds. The normalized spacial score (nSPS) is 26.6. The van der Waals surface area contributed by atoms with Gasteiger partial charge in [-0.2, -0.15) is 0 Å². The van der Waals surface area contributed by atoms with Crippen molar-refractivity contribution in [1.29, 1.82) is 0 Å². The monoisotopic (exact) mass is 232 g/mol. The molecule has 2 nitrogen and oxygen atoms in total. The Balaban J connectivity index is 1.74. The van der Waals surface area contributed by atoms with Crippen LogP contribution in [0, 0.1) is 5.41 Å². The molecule has 0 aromatic rings. The number of alkyl halides is 2. The van der Waals surface area contributed by atoms with Crippen LogP contribution >= 0.6 is 0 Å². The fourth-order valence-electron chi connectivity index (χ4n) is 2.90. The second kappa shape index (κ2) is 4.57. The number of likely N-dealkylation sites (tertiary alicyclic amines) is 2. The van der Waals surface area contributed by atoms with Gasteiger partial charge >= 0.3 is 0 Å². The average molecular weight is 232 g/mol. The van der Waals surface area contributed by atoms with E-state index in [1.54, 1.807) is 0 Å². The quantitative estimate of drug-likeness (QED) is 0.735. The maximum absolute atomic E-state index is 12.2. The lowest BCUT2D eigenvalue weighted by Gasteiger charge is -2.55. The van der Waals surface area contributed by atoms with E-state index in [1.165, 1.54) is 13.1 Å². The Morgan fingerprint density at radius 1 is 1.12 bits per heavy atom. The number of piperidine rings is 1. The van der Waals surface area contributed by atoms with Crippen molar-refractivity contribution < 1.29 is 8.78 Å². The van der Waals surface area contributed by atoms with Crippen LogP contribution in [0.15, 0.2) is 0 Å². The van der Waals surface area contributed by atoms with Crippen molar-refractivity contribution in [3.05, 3.63) is 0 Å². The van der Waals surface area contributed by atoms with E-state index in [4.69, 9.17) is 0 Å². The number of hydrogen-bond acceptors (Lipinski definition) is 2. The van der Waals surface area contributed by atoms with Crippen LogP contribution in [0.3, 0.4) is 0 Å². The van der Waals surface area contributed by atoms with Gasteiger partial charge in [-0.05, 0) is 45.2 Å². The number of hydrogen-bond donors (Lipinski definition) is 0. The minimum atomic E-state index is -2.18. The van der Waals surface area contributed by atoms with Crippen LogP contribution in [-0.4, -0.2) is 55.0 Å². The molecule has 0 N–H and O–H groups in total. The van der Waals surface area contributed by atoms with Gasteiger partial charge in [0.1, 0.15) is 0 Å². The van der Waals surface area contributed by atoms with E-state index >= 15 is 0 Å². The van der Waals surface area contributed by atoms with Crippen LogP contribution in [0.25, 0.3) is 0 Å². The third kappa shape index (κ3) is 2.54. The van der Waals surface area contributed by atoms with E-state index in [9.17, 15) is 8.78 Å². The highest BCUT2D eigenvalue weighted by Crippen LogP contribution is 2.41. The predicted molar refractivity (Wildman–Crippen MR) is 60.8 cm³/mol. The van der Waals surface area contributed by atoms with Crippen molar-refractivity contribution in [3.63, 3.8) is 0 Å². The summed E-state index contributed by atoms with van der Waals surface area (Å²) in [4.78, 5) is 4.39. The lowest BCUT2D eigenvalue weighted by molar-refractivity contribution is -0.0681. The van der Waals surface area contributed by atoms with Gasteiger partial charge < -0.3 is 0 Å². The molecule has 0 saturated carbocycles. The Kier molecular flexibility index (Phi) is 3.50. The van der Waals surface area contributed by atoms with Crippen LogP contribution in [-0.2, 0) is 0 Å². The molecule has 0 aromatic carbocycles. The van der Waals surface area contributed by atoms with E-state index < -0.39 is 6.43 Å². The molecule has 0 atom stereocenters. The van der Waals surface area contributed by atoms with Gasteiger partial charge in [-0.1, -0.05) is 0 Å². The molecule has 0 radical (unpaired) electrons. The van der Waals surface area contributed by atoms with Crippen LogP contribution in [0.2, 0.25) is 0 Å². The van der Waals surface area contributed by atoms with Gasteiger partial charge in [0.2, 0.25) is 0 Å². The summed E-state index contributed by atoms with van der Waals surface area (Å²) in [5, 5.41) is 0. The SMILES string of the molecule is CC(C)N1CC2(CCN(CC(F)F)CC2)C1. The molecule has 2 aliphatic rings. The van der Waals surface area contributed by atoms with Crippen molar-refractivity contribution in [3.8, 4) is 0 Å². The second-order valence-electron chi connectivity index (χ2n) is 5.69. The second-order valence-corrected chi connectivity index (χ2v) is 5.69. The van der Waals surface area contributed by atoms with Crippen molar-refractivity contribution in [2.24, 2.45) is 5.41 Å². The fourth-order valence-corrected chi connectivity index (χ4v) is 2.90. The molecule has 1 spiro atoms. The van der Waals surface area contributed by atoms with E-state index in [0.29, 0.717) is 11.5 Å². The fraction of sp³-hybridized carbons (Fsp3) is 1.00. The van der Waals surface area contributed by atoms with Crippen LogP contribution < -0.4 is 0 Å². The zero-order chi connectivity index (χ0) is 11.8. The Hall–Kier alpha value is -0.220. The molecule has 2 heterocycles. The number of rotatable bonds is 3. The standard InChI is InChI=1S/C12H22F2N2/c1-10(2)16-8-12(9-16)3-5-15(6-4-12)7-11(13)14/h10-11H,3-9H2,1-2H3. The first-order valence-electron chi connectivity index (χ1n) is 6.25. The molecule has 0 unspecified atom stereocenters. The van der Waals surface area contributed by atoms with Gasteiger partial charge in [-0.3, -0.25) is 9.80 Å². The zero-order valence-corrected chi connectivity index (χ0v) is 10.3. The van der Waals surface area contributed by atoms with Crippen LogP contribution in [0.4, 0.5) is 8.78 Å². The first-order valence-corrected chi connectivity index (χ1v) is 6.25. The van der Waals surface area contributed by atoms with Gasteiger partial charge in [0.15, 0.2) is 0 Å². The summed E-state index contributed by atoms with van der Waals surface area (Å²) >= 11 is 0. The Bertz CT molecular complexity index is 227. The Morgan fingerprint density at radius 3 is 2.12 bits per heavy atom. The first kappa shape index (κ1) is 12.2. The van der Waals surface area contributed by atoms with Crippen molar-refractivity contribution >= 4 is 0 Å². The van der Waals surface area contributed by atoms with Crippen molar-refractivity contribution in [1.82, 2.24) is 9.80 Å². The molecule has 0 bridgehead atoms. The molecule has 16 heavy (non-hydrogen) atoms. The largest absolute Gasteiger partial charge is 0.300 e. The molecule has 2 rings (SSSR count). The maximum Gasteiger partial charge on any atom is 0.251 e. The van der Waals surface area contributed by atoms with E-state index in [-0.39, 0.29) is 6.54 Å². The summed E-state index contributed by atoms with van der Waals surface area (Å²) in [5.74, 6) is 0. The summed E-state index contributed by atoms with van der Waals surface area (Å²) in [6, 6.07) is 0.629. The van der Waals surface area contributed by atoms with Gasteiger partial charge in [0, 0.05) is 19.1 Å². The molecule has 0 aromatic heterocycles. The topological polar surface area (TPSA) is 6.48 Å². The molecule has 2 fully saturated rings. The summed E-state index contributed by atoms with van der Waals surface area (Å²) in [6.45, 7) is 8.47. The molecule has 2 aliphatic heterocycles. The van der Waals surface area contributed by atoms with Gasteiger partial charge in [0.05, 0.1) is 6.54 Å². The van der Waals surface area contributed by atoms with Gasteiger partial charge in [-0.15, -0.1) is 0 Å². The van der Waals surface area contributed by atoms with E-state index in [2.05, 4.69) is 18.7 Å². The predicted octanol–water partition coefficient (Wildman–Crippen LogP) is 2.06. The van der Waals surface area contributed by atoms with Crippen molar-refractivity contribution in [2.45, 2.75) is 39.2 Å². The third-order valence-corrected chi connectivity index (χ3v) is 4.12. The van der Waals surface area contributed by atoms with Crippen LogP contribution in [0.1, 0.15) is 26.7 Å². The first-order chi connectivity index (χ1) is 7.51. The summed E-state index contributed by atoms with van der Waals surface area (Å²) in [6.07, 6.45) is 0.0221. The minimum Gasteiger partial charge on any atom is -0.300 e. The molecule has 4 heteroatoms. The highest BCUT2D eigenvalue weighted by molar-refractivity contribution is 4.99. The zero-order valence-electron chi connectivity index (χ0n) is 10.3. The lowest BCUT2D eigenvalue weighted by Crippen LogP contribution is -2.62. The van der Waals surface area contributed by atoms with E-state index in [1.807, 2.05) is 4.90 Å². The minimum absolute atomic E-state index is 0.0377. The molecule has 0 aliphatic carbocycles. The molecular weight excluding hydrogens is 210 g/mol. The molecular formula is C12H22F2N2. The van der Waals surface area contributed by atoms with Gasteiger partial charge in [-0.25, -0.2) is 8.78 Å². The molecule has 94 valence electrons. The Morgan fingerprint density at radius 2 is 1.69 bits per heavy atom. The molecule has 2 saturated heterocycles. The lowest BCUT2D eigenvalue weighted by atomic mass is 9.71.